The Kier molecular flexibility index (Phi) is 5.14. The zero-order valence-corrected chi connectivity index (χ0v) is 17.5. The second-order valence-corrected chi connectivity index (χ2v) is 7.58. The van der Waals surface area contributed by atoms with E-state index in [1.807, 2.05) is 18.2 Å². The van der Waals surface area contributed by atoms with E-state index in [4.69, 9.17) is 16.0 Å². The number of hydrogen-bond acceptors (Lipinski definition) is 5. The van der Waals surface area contributed by atoms with Crippen LogP contribution >= 0.6 is 11.6 Å². The summed E-state index contributed by atoms with van der Waals surface area (Å²) in [5.41, 5.74) is 0.743. The topological polar surface area (TPSA) is 96.2 Å². The van der Waals surface area contributed by atoms with Crippen LogP contribution in [0.5, 0.6) is 5.88 Å². The highest BCUT2D eigenvalue weighted by Gasteiger charge is 2.28. The molecular formula is C24H17ClN2O4. The summed E-state index contributed by atoms with van der Waals surface area (Å²) in [5.74, 6) is -1.09. The van der Waals surface area contributed by atoms with Crippen LogP contribution in [-0.4, -0.2) is 15.5 Å². The van der Waals surface area contributed by atoms with E-state index in [1.54, 1.807) is 43.3 Å². The Bertz CT molecular complexity index is 1460. The molecular weight excluding hydrogens is 416 g/mol. The molecule has 4 rings (SSSR count). The number of carbonyl (C=O) groups is 1. The molecule has 0 atom stereocenters. The third kappa shape index (κ3) is 3.29. The third-order valence-electron chi connectivity index (χ3n) is 5.36. The molecule has 0 amide bonds. The van der Waals surface area contributed by atoms with E-state index in [0.717, 1.165) is 9.95 Å². The van der Waals surface area contributed by atoms with Gasteiger partial charge in [0.2, 0.25) is 11.7 Å². The fraction of sp³-hybridized carbons (Fsp3) is 0.125. The molecule has 0 radical (unpaired) electrons. The van der Waals surface area contributed by atoms with Crippen molar-refractivity contribution in [3.05, 3.63) is 97.5 Å². The van der Waals surface area contributed by atoms with Crippen LogP contribution in [0.3, 0.4) is 0 Å². The number of fused-ring (bicyclic) bond motifs is 1. The lowest BCUT2D eigenvalue weighted by Crippen LogP contribution is -2.27. The summed E-state index contributed by atoms with van der Waals surface area (Å²) in [7, 11) is 0. The molecule has 0 aliphatic heterocycles. The fourth-order valence-electron chi connectivity index (χ4n) is 3.67. The van der Waals surface area contributed by atoms with E-state index in [0.29, 0.717) is 21.7 Å². The van der Waals surface area contributed by atoms with Gasteiger partial charge < -0.3 is 9.52 Å². The minimum absolute atomic E-state index is 0.0476. The van der Waals surface area contributed by atoms with Crippen LogP contribution < -0.4 is 5.56 Å². The van der Waals surface area contributed by atoms with Crippen LogP contribution in [0, 0.1) is 25.2 Å². The van der Waals surface area contributed by atoms with Crippen molar-refractivity contribution in [2.24, 2.45) is 0 Å². The number of benzene rings is 2. The zero-order chi connectivity index (χ0) is 22.3. The smallest absolute Gasteiger partial charge is 0.271 e. The minimum Gasteiger partial charge on any atom is -0.494 e. The average molecular weight is 433 g/mol. The number of halogens is 1. The van der Waals surface area contributed by atoms with Crippen LogP contribution in [0.25, 0.3) is 11.0 Å². The van der Waals surface area contributed by atoms with Gasteiger partial charge in [0.15, 0.2) is 5.76 Å². The van der Waals surface area contributed by atoms with Gasteiger partial charge in [0.25, 0.3) is 5.56 Å². The number of aryl methyl sites for hydroxylation is 1. The Morgan fingerprint density at radius 1 is 1.13 bits per heavy atom. The SMILES string of the molecule is Cc1c(C(=O)c2oc3ccccc3c2C)c(O)n(Cc2ccccc2Cl)c(=O)c1C#N. The average Bonchev–Trinajstić information content (AvgIpc) is 3.09. The van der Waals surface area contributed by atoms with Crippen molar-refractivity contribution in [3.8, 4) is 11.9 Å². The fourth-order valence-corrected chi connectivity index (χ4v) is 3.87. The van der Waals surface area contributed by atoms with Crippen molar-refractivity contribution < 1.29 is 14.3 Å². The maximum Gasteiger partial charge on any atom is 0.271 e. The molecule has 154 valence electrons. The number of carbonyl (C=O) groups excluding carboxylic acids is 1. The third-order valence-corrected chi connectivity index (χ3v) is 5.73. The highest BCUT2D eigenvalue weighted by molar-refractivity contribution is 6.31. The summed E-state index contributed by atoms with van der Waals surface area (Å²) < 4.78 is 6.74. The number of furan rings is 1. The first-order valence-corrected chi connectivity index (χ1v) is 9.85. The van der Waals surface area contributed by atoms with E-state index in [2.05, 4.69) is 0 Å². The number of ketones is 1. The molecule has 0 saturated heterocycles. The van der Waals surface area contributed by atoms with Gasteiger partial charge in [-0.3, -0.25) is 14.2 Å². The van der Waals surface area contributed by atoms with Gasteiger partial charge in [-0.1, -0.05) is 48.0 Å². The van der Waals surface area contributed by atoms with Crippen LogP contribution in [0.2, 0.25) is 5.02 Å². The number of hydrogen-bond donors (Lipinski definition) is 1. The molecule has 0 fully saturated rings. The molecule has 1 N–H and O–H groups in total. The van der Waals surface area contributed by atoms with Gasteiger partial charge in [-0.25, -0.2) is 0 Å². The molecule has 2 aromatic heterocycles. The molecule has 7 heteroatoms. The van der Waals surface area contributed by atoms with Gasteiger partial charge in [0, 0.05) is 16.0 Å². The molecule has 4 aromatic rings. The van der Waals surface area contributed by atoms with E-state index in [-0.39, 0.29) is 29.0 Å². The van der Waals surface area contributed by atoms with Gasteiger partial charge in [0.05, 0.1) is 12.1 Å². The van der Waals surface area contributed by atoms with E-state index in [1.165, 1.54) is 6.92 Å². The van der Waals surface area contributed by atoms with Crippen LogP contribution in [0.4, 0.5) is 0 Å². The Morgan fingerprint density at radius 2 is 1.81 bits per heavy atom. The lowest BCUT2D eigenvalue weighted by atomic mass is 9.98. The van der Waals surface area contributed by atoms with Gasteiger partial charge >= 0.3 is 0 Å². The molecule has 6 nitrogen and oxygen atoms in total. The maximum absolute atomic E-state index is 13.4. The molecule has 0 unspecified atom stereocenters. The summed E-state index contributed by atoms with van der Waals surface area (Å²) >= 11 is 6.20. The standard InChI is InChI=1S/C24H17ClN2O4/c1-13-17(11-26)23(29)27(12-15-7-3-5-9-18(15)25)24(30)20(13)21(28)22-14(2)16-8-4-6-10-19(16)31-22/h3-10,30H,12H2,1-2H3. The van der Waals surface area contributed by atoms with Crippen molar-refractivity contribution in [2.45, 2.75) is 20.4 Å². The van der Waals surface area contributed by atoms with Crippen molar-refractivity contribution in [3.63, 3.8) is 0 Å². The van der Waals surface area contributed by atoms with Crippen molar-refractivity contribution in [1.29, 1.82) is 5.26 Å². The number of aromatic hydroxyl groups is 1. The largest absolute Gasteiger partial charge is 0.494 e. The molecule has 0 aliphatic carbocycles. The van der Waals surface area contributed by atoms with Crippen molar-refractivity contribution in [2.75, 3.05) is 0 Å². The number of nitriles is 1. The Morgan fingerprint density at radius 3 is 2.48 bits per heavy atom. The lowest BCUT2D eigenvalue weighted by Gasteiger charge is -2.15. The number of nitrogens with zero attached hydrogens (tertiary/aromatic N) is 2. The molecule has 0 spiro atoms. The Balaban J connectivity index is 1.94. The summed E-state index contributed by atoms with van der Waals surface area (Å²) in [5, 5.41) is 21.7. The first kappa shape index (κ1) is 20.5. The monoisotopic (exact) mass is 432 g/mol. The Hall–Kier alpha value is -3.82. The van der Waals surface area contributed by atoms with Gasteiger partial charge in [-0.05, 0) is 37.1 Å². The second kappa shape index (κ2) is 7.78. The summed E-state index contributed by atoms with van der Waals surface area (Å²) in [6, 6.07) is 15.9. The highest BCUT2D eigenvalue weighted by atomic mass is 35.5. The normalized spacial score (nSPS) is 10.9. The second-order valence-electron chi connectivity index (χ2n) is 7.17. The van der Waals surface area contributed by atoms with E-state index in [9.17, 15) is 20.0 Å². The maximum atomic E-state index is 13.4. The van der Waals surface area contributed by atoms with Gasteiger partial charge in [-0.15, -0.1) is 0 Å². The van der Waals surface area contributed by atoms with Crippen molar-refractivity contribution in [1.82, 2.24) is 4.57 Å². The molecule has 0 bridgehead atoms. The molecule has 0 saturated carbocycles. The summed E-state index contributed by atoms with van der Waals surface area (Å²) in [6.07, 6.45) is 0. The zero-order valence-electron chi connectivity index (χ0n) is 16.8. The number of para-hydroxylation sites is 1. The van der Waals surface area contributed by atoms with Crippen LogP contribution in [-0.2, 0) is 6.54 Å². The number of rotatable bonds is 4. The molecule has 2 heterocycles. The molecule has 31 heavy (non-hydrogen) atoms. The first-order chi connectivity index (χ1) is 14.8. The van der Waals surface area contributed by atoms with Gasteiger partial charge in [0.1, 0.15) is 17.2 Å². The summed E-state index contributed by atoms with van der Waals surface area (Å²) in [4.78, 5) is 26.3. The first-order valence-electron chi connectivity index (χ1n) is 9.47. The minimum atomic E-state index is -0.699. The van der Waals surface area contributed by atoms with Gasteiger partial charge in [-0.2, -0.15) is 5.26 Å². The predicted octanol–water partition coefficient (Wildman–Crippen LogP) is 4.72. The number of pyridine rings is 1. The molecule has 0 aliphatic rings. The molecule has 2 aromatic carbocycles. The predicted molar refractivity (Wildman–Crippen MR) is 117 cm³/mol. The quantitative estimate of drug-likeness (QED) is 0.470. The summed E-state index contributed by atoms with van der Waals surface area (Å²) in [6.45, 7) is 3.11. The number of aromatic nitrogens is 1. The van der Waals surface area contributed by atoms with Crippen LogP contribution in [0.15, 0.2) is 57.7 Å². The Labute approximate surface area is 182 Å². The lowest BCUT2D eigenvalue weighted by molar-refractivity contribution is 0.101. The van der Waals surface area contributed by atoms with Crippen LogP contribution in [0.1, 0.15) is 38.4 Å². The van der Waals surface area contributed by atoms with Crippen molar-refractivity contribution >= 4 is 28.4 Å². The highest BCUT2D eigenvalue weighted by Crippen LogP contribution is 2.31. The van der Waals surface area contributed by atoms with E-state index >= 15 is 0 Å². The van der Waals surface area contributed by atoms with E-state index < -0.39 is 17.2 Å².